The lowest BCUT2D eigenvalue weighted by molar-refractivity contribution is -0.166. The van der Waals surface area contributed by atoms with E-state index in [2.05, 4.69) is 10.7 Å². The molecule has 13 heavy (non-hydrogen) atoms. The topological polar surface area (TPSA) is 48.0 Å². The van der Waals surface area contributed by atoms with Crippen LogP contribution in [-0.4, -0.2) is 36.2 Å². The molecular formula is C7H10INO4. The maximum atomic E-state index is 11.0. The predicted octanol–water partition coefficient (Wildman–Crippen LogP) is 0.985. The molecule has 0 fully saturated rings. The Morgan fingerprint density at radius 1 is 1.69 bits per heavy atom. The Morgan fingerprint density at radius 2 is 2.31 bits per heavy atom. The molecule has 1 amide bonds. The van der Waals surface area contributed by atoms with Crippen molar-refractivity contribution in [3.63, 3.8) is 0 Å². The highest BCUT2D eigenvalue weighted by atomic mass is 127. The molecule has 0 aliphatic rings. The van der Waals surface area contributed by atoms with Crippen LogP contribution in [0.2, 0.25) is 0 Å². The average molecular weight is 299 g/mol. The number of alkyl halides is 1. The van der Waals surface area contributed by atoms with Crippen molar-refractivity contribution in [2.24, 2.45) is 0 Å². The van der Waals surface area contributed by atoms with Crippen molar-refractivity contribution in [3.05, 3.63) is 0 Å². The maximum Gasteiger partial charge on any atom is 0.436 e. The third-order valence-electron chi connectivity index (χ3n) is 1.04. The smallest absolute Gasteiger partial charge is 0.436 e. The van der Waals surface area contributed by atoms with E-state index < -0.39 is 10.3 Å². The number of terminal acetylenes is 1. The number of halogens is 1. The molecular weight excluding hydrogens is 289 g/mol. The monoisotopic (exact) mass is 299 g/mol. The fraction of sp³-hybridized carbons (Fsp3) is 0.571. The number of methoxy groups -OCH3 is 1. The first kappa shape index (κ1) is 12.5. The van der Waals surface area contributed by atoms with E-state index in [0.29, 0.717) is 0 Å². The van der Waals surface area contributed by atoms with Crippen molar-refractivity contribution < 1.29 is 19.1 Å². The normalized spacial score (nSPS) is 11.5. The van der Waals surface area contributed by atoms with E-state index in [9.17, 15) is 4.79 Å². The molecule has 1 atom stereocenters. The summed E-state index contributed by atoms with van der Waals surface area (Å²) in [7, 11) is 2.58. The Balaban J connectivity index is 4.07. The SMILES string of the molecule is C#CCOC(I)N(OC)C(=O)OC. The van der Waals surface area contributed by atoms with Crippen LogP contribution in [0, 0.1) is 12.3 Å². The van der Waals surface area contributed by atoms with Gasteiger partial charge in [-0.3, -0.25) is 4.84 Å². The average Bonchev–Trinajstić information content (AvgIpc) is 2.15. The second kappa shape index (κ2) is 6.94. The highest BCUT2D eigenvalue weighted by Crippen LogP contribution is 2.10. The predicted molar refractivity (Wildman–Crippen MR) is 53.8 cm³/mol. The maximum absolute atomic E-state index is 11.0. The Kier molecular flexibility index (Phi) is 6.66. The number of rotatable bonds is 4. The number of hydroxylamine groups is 2. The summed E-state index contributed by atoms with van der Waals surface area (Å²) in [5, 5.41) is 0.928. The van der Waals surface area contributed by atoms with Crippen LogP contribution in [-0.2, 0) is 14.3 Å². The van der Waals surface area contributed by atoms with Gasteiger partial charge in [0.05, 0.1) is 14.2 Å². The fourth-order valence-electron chi connectivity index (χ4n) is 0.515. The van der Waals surface area contributed by atoms with Gasteiger partial charge in [0, 0.05) is 0 Å². The number of carbonyl (C=O) groups excluding carboxylic acids is 1. The molecule has 0 aromatic heterocycles. The van der Waals surface area contributed by atoms with Crippen molar-refractivity contribution in [1.29, 1.82) is 0 Å². The van der Waals surface area contributed by atoms with Gasteiger partial charge in [0.25, 0.3) is 0 Å². The minimum Gasteiger partial charge on any atom is -0.451 e. The van der Waals surface area contributed by atoms with Crippen LogP contribution < -0.4 is 0 Å². The lowest BCUT2D eigenvalue weighted by atomic mass is 10.8. The Labute approximate surface area is 90.4 Å². The molecule has 5 nitrogen and oxygen atoms in total. The number of carbonyl (C=O) groups is 1. The highest BCUT2D eigenvalue weighted by Gasteiger charge is 2.22. The molecule has 0 saturated heterocycles. The molecule has 0 rings (SSSR count). The van der Waals surface area contributed by atoms with Gasteiger partial charge in [0.2, 0.25) is 4.23 Å². The zero-order valence-corrected chi connectivity index (χ0v) is 9.48. The molecule has 0 aromatic carbocycles. The lowest BCUT2D eigenvalue weighted by Crippen LogP contribution is -2.37. The Hall–Kier alpha value is -0.520. The largest absolute Gasteiger partial charge is 0.451 e. The first-order chi connectivity index (χ1) is 6.17. The van der Waals surface area contributed by atoms with Crippen molar-refractivity contribution in [3.8, 4) is 12.3 Å². The van der Waals surface area contributed by atoms with Crippen LogP contribution in [0.5, 0.6) is 0 Å². The Morgan fingerprint density at radius 3 is 2.69 bits per heavy atom. The van der Waals surface area contributed by atoms with Crippen molar-refractivity contribution in [2.45, 2.75) is 4.23 Å². The van der Waals surface area contributed by atoms with Crippen LogP contribution in [0.25, 0.3) is 0 Å². The molecule has 6 heteroatoms. The van der Waals surface area contributed by atoms with Gasteiger partial charge in [-0.25, -0.2) is 4.79 Å². The van der Waals surface area contributed by atoms with Gasteiger partial charge in [-0.1, -0.05) is 5.92 Å². The van der Waals surface area contributed by atoms with Crippen LogP contribution in [0.1, 0.15) is 0 Å². The Bertz CT molecular complexity index is 203. The van der Waals surface area contributed by atoms with Gasteiger partial charge in [-0.15, -0.1) is 11.5 Å². The molecule has 1 unspecified atom stereocenters. The summed E-state index contributed by atoms with van der Waals surface area (Å²) in [6.07, 6.45) is 4.33. The van der Waals surface area contributed by atoms with Crippen molar-refractivity contribution in [2.75, 3.05) is 20.8 Å². The zero-order valence-electron chi connectivity index (χ0n) is 7.32. The zero-order chi connectivity index (χ0) is 10.3. The molecule has 0 saturated carbocycles. The van der Waals surface area contributed by atoms with Crippen molar-refractivity contribution in [1.82, 2.24) is 5.06 Å². The number of hydrogen-bond donors (Lipinski definition) is 0. The quantitative estimate of drug-likeness (QED) is 0.194. The molecule has 0 heterocycles. The summed E-state index contributed by atoms with van der Waals surface area (Å²) in [6.45, 7) is 0.102. The minimum atomic E-state index is -0.640. The second-order valence-electron chi connectivity index (χ2n) is 1.79. The lowest BCUT2D eigenvalue weighted by Gasteiger charge is -2.22. The van der Waals surface area contributed by atoms with E-state index in [-0.39, 0.29) is 6.61 Å². The summed E-state index contributed by atoms with van der Waals surface area (Å²) >= 11 is 1.85. The molecule has 0 bridgehead atoms. The van der Waals surface area contributed by atoms with Crippen molar-refractivity contribution >= 4 is 28.7 Å². The van der Waals surface area contributed by atoms with Crippen LogP contribution in [0.3, 0.4) is 0 Å². The molecule has 74 valence electrons. The summed E-state index contributed by atoms with van der Waals surface area (Å²) in [4.78, 5) is 15.7. The number of nitrogens with zero attached hydrogens (tertiary/aromatic N) is 1. The summed E-state index contributed by atoms with van der Waals surface area (Å²) < 4.78 is 8.84. The summed E-state index contributed by atoms with van der Waals surface area (Å²) in [6, 6.07) is 0. The van der Waals surface area contributed by atoms with E-state index in [1.165, 1.54) is 14.2 Å². The van der Waals surface area contributed by atoms with Gasteiger partial charge in [-0.2, -0.15) is 0 Å². The third kappa shape index (κ3) is 4.31. The molecule has 0 aliphatic carbocycles. The van der Waals surface area contributed by atoms with Gasteiger partial charge >= 0.3 is 6.09 Å². The minimum absolute atomic E-state index is 0.102. The third-order valence-corrected chi connectivity index (χ3v) is 1.91. The van der Waals surface area contributed by atoms with E-state index in [0.717, 1.165) is 5.06 Å². The first-order valence-electron chi connectivity index (χ1n) is 3.27. The fourth-order valence-corrected chi connectivity index (χ4v) is 1.15. The highest BCUT2D eigenvalue weighted by molar-refractivity contribution is 14.1. The van der Waals surface area contributed by atoms with E-state index >= 15 is 0 Å². The van der Waals surface area contributed by atoms with E-state index in [4.69, 9.17) is 16.0 Å². The van der Waals surface area contributed by atoms with Gasteiger partial charge in [0.1, 0.15) is 6.61 Å². The van der Waals surface area contributed by atoms with Crippen LogP contribution in [0.15, 0.2) is 0 Å². The molecule has 0 spiro atoms. The molecule has 0 aromatic rings. The van der Waals surface area contributed by atoms with Crippen LogP contribution >= 0.6 is 22.6 Å². The summed E-state index contributed by atoms with van der Waals surface area (Å²) in [5.74, 6) is 2.27. The number of hydrogen-bond acceptors (Lipinski definition) is 4. The first-order valence-corrected chi connectivity index (χ1v) is 4.52. The second-order valence-corrected chi connectivity index (χ2v) is 2.85. The van der Waals surface area contributed by atoms with Crippen LogP contribution in [0.4, 0.5) is 4.79 Å². The molecule has 0 radical (unpaired) electrons. The van der Waals surface area contributed by atoms with Gasteiger partial charge < -0.3 is 9.47 Å². The summed E-state index contributed by atoms with van der Waals surface area (Å²) in [5.41, 5.74) is 0. The van der Waals surface area contributed by atoms with E-state index in [1.807, 2.05) is 22.6 Å². The van der Waals surface area contributed by atoms with Gasteiger partial charge in [-0.05, 0) is 22.6 Å². The van der Waals surface area contributed by atoms with E-state index in [1.54, 1.807) is 0 Å². The number of amides is 1. The van der Waals surface area contributed by atoms with Gasteiger partial charge in [0.15, 0.2) is 0 Å². The standard InChI is InChI=1S/C7H10INO4/c1-4-5-13-6(8)9(12-3)7(10)11-2/h1,6H,5H2,2-3H3. The molecule has 0 aliphatic heterocycles. The molecule has 0 N–H and O–H groups in total. The number of ether oxygens (including phenoxy) is 2.